The first-order valence-corrected chi connectivity index (χ1v) is 5.26. The van der Waals surface area contributed by atoms with Gasteiger partial charge in [0, 0.05) is 0 Å². The Morgan fingerprint density at radius 3 is 2.54 bits per heavy atom. The van der Waals surface area contributed by atoms with Crippen molar-refractivity contribution in [3.63, 3.8) is 0 Å². The van der Waals surface area contributed by atoms with E-state index in [1.165, 1.54) is 0 Å². The van der Waals surface area contributed by atoms with Crippen LogP contribution >= 0.6 is 22.6 Å². The van der Waals surface area contributed by atoms with Crippen LogP contribution in [0.5, 0.6) is 0 Å². The fourth-order valence-corrected chi connectivity index (χ4v) is 1.47. The number of halogens is 1. The summed E-state index contributed by atoms with van der Waals surface area (Å²) in [6.45, 7) is 0.0746. The predicted octanol–water partition coefficient (Wildman–Crippen LogP) is 3.01. The molecular weight excluding hydrogens is 275 g/mol. The van der Waals surface area contributed by atoms with Gasteiger partial charge in [-0.2, -0.15) is 0 Å². The highest BCUT2D eigenvalue weighted by Gasteiger charge is 1.94. The van der Waals surface area contributed by atoms with Gasteiger partial charge in [-0.05, 0) is 21.3 Å². The molecule has 1 aromatic rings. The lowest BCUT2D eigenvalue weighted by Gasteiger charge is -2.00. The van der Waals surface area contributed by atoms with E-state index in [4.69, 9.17) is 5.11 Å². The molecule has 1 rings (SSSR count). The van der Waals surface area contributed by atoms with E-state index in [2.05, 4.69) is 22.6 Å². The maximum Gasteiger partial charge on any atom is 0.0621 e. The highest BCUT2D eigenvalue weighted by atomic mass is 127. The minimum atomic E-state index is 0.0746. The largest absolute Gasteiger partial charge is 0.392 e. The maximum absolute atomic E-state index is 8.81. The molecule has 0 bridgehead atoms. The molecule has 0 aliphatic heterocycles. The molecule has 0 heterocycles. The molecule has 1 nitrogen and oxygen atoms in total. The van der Waals surface area contributed by atoms with Crippen molar-refractivity contribution in [2.24, 2.45) is 0 Å². The smallest absolute Gasteiger partial charge is 0.0621 e. The maximum atomic E-state index is 8.81. The lowest BCUT2D eigenvalue weighted by atomic mass is 10.1. The minimum absolute atomic E-state index is 0.0746. The number of hydrogen-bond acceptors (Lipinski definition) is 1. The fraction of sp³-hybridized carbons (Fsp3) is 0.0909. The van der Waals surface area contributed by atoms with Crippen LogP contribution in [-0.4, -0.2) is 11.7 Å². The molecule has 0 amide bonds. The van der Waals surface area contributed by atoms with Crippen LogP contribution in [0.25, 0.3) is 5.57 Å². The Balaban J connectivity index is 2.96. The first-order valence-electron chi connectivity index (χ1n) is 4.01. The van der Waals surface area contributed by atoms with Crippen LogP contribution in [0.2, 0.25) is 0 Å². The number of hydrogen-bond donors (Lipinski definition) is 1. The first-order chi connectivity index (χ1) is 6.38. The van der Waals surface area contributed by atoms with E-state index >= 15 is 0 Å². The number of aliphatic hydroxyl groups is 1. The summed E-state index contributed by atoms with van der Waals surface area (Å²) < 4.78 is 1.94. The van der Waals surface area contributed by atoms with Crippen molar-refractivity contribution in [3.8, 4) is 0 Å². The van der Waals surface area contributed by atoms with E-state index in [-0.39, 0.29) is 6.61 Å². The highest BCUT2D eigenvalue weighted by Crippen LogP contribution is 2.15. The summed E-state index contributed by atoms with van der Waals surface area (Å²) in [6.07, 6.45) is 3.77. The van der Waals surface area contributed by atoms with Gasteiger partial charge >= 0.3 is 0 Å². The second-order valence-electron chi connectivity index (χ2n) is 2.50. The van der Waals surface area contributed by atoms with Gasteiger partial charge < -0.3 is 5.11 Å². The summed E-state index contributed by atoms with van der Waals surface area (Å²) in [5.41, 5.74) is 2.18. The third-order valence-electron chi connectivity index (χ3n) is 1.66. The van der Waals surface area contributed by atoms with E-state index in [0.29, 0.717) is 0 Å². The Morgan fingerprint density at radius 1 is 1.31 bits per heavy atom. The lowest BCUT2D eigenvalue weighted by molar-refractivity contribution is 0.343. The van der Waals surface area contributed by atoms with Gasteiger partial charge in [0.1, 0.15) is 0 Å². The van der Waals surface area contributed by atoms with Crippen LogP contribution < -0.4 is 0 Å². The molecule has 0 atom stereocenters. The minimum Gasteiger partial charge on any atom is -0.392 e. The summed E-state index contributed by atoms with van der Waals surface area (Å²) >= 11 is 2.17. The molecule has 0 saturated carbocycles. The van der Waals surface area contributed by atoms with Gasteiger partial charge in [0.05, 0.1) is 6.61 Å². The fourth-order valence-electron chi connectivity index (χ4n) is 1.08. The average Bonchev–Trinajstić information content (AvgIpc) is 2.19. The highest BCUT2D eigenvalue weighted by molar-refractivity contribution is 14.1. The van der Waals surface area contributed by atoms with E-state index in [9.17, 15) is 0 Å². The van der Waals surface area contributed by atoms with E-state index in [0.717, 1.165) is 11.1 Å². The molecule has 0 aliphatic rings. The molecule has 0 aliphatic carbocycles. The van der Waals surface area contributed by atoms with Gasteiger partial charge in [0.2, 0.25) is 0 Å². The van der Waals surface area contributed by atoms with Crippen LogP contribution in [0.4, 0.5) is 0 Å². The molecule has 2 heteroatoms. The topological polar surface area (TPSA) is 20.2 Å². The van der Waals surface area contributed by atoms with Gasteiger partial charge in [-0.3, -0.25) is 0 Å². The second-order valence-corrected chi connectivity index (χ2v) is 3.22. The van der Waals surface area contributed by atoms with Crippen molar-refractivity contribution >= 4 is 28.2 Å². The average molecular weight is 286 g/mol. The molecular formula is C11H11IO. The molecule has 0 aromatic heterocycles. The number of rotatable bonds is 3. The molecule has 0 fully saturated rings. The lowest BCUT2D eigenvalue weighted by Crippen LogP contribution is -1.82. The van der Waals surface area contributed by atoms with Crippen molar-refractivity contribution in [1.82, 2.24) is 0 Å². The summed E-state index contributed by atoms with van der Waals surface area (Å²) in [5.74, 6) is 0. The summed E-state index contributed by atoms with van der Waals surface area (Å²) in [7, 11) is 0. The Hall–Kier alpha value is -0.610. The van der Waals surface area contributed by atoms with Crippen molar-refractivity contribution < 1.29 is 5.11 Å². The quantitative estimate of drug-likeness (QED) is 0.669. The Labute approximate surface area is 91.9 Å². The van der Waals surface area contributed by atoms with Crippen LogP contribution in [0.15, 0.2) is 46.6 Å². The molecule has 0 saturated heterocycles. The molecule has 0 unspecified atom stereocenters. The molecule has 0 spiro atoms. The second kappa shape index (κ2) is 5.94. The third-order valence-corrected chi connectivity index (χ3v) is 2.02. The number of benzene rings is 1. The van der Waals surface area contributed by atoms with Crippen molar-refractivity contribution in [3.05, 3.63) is 52.1 Å². The Morgan fingerprint density at radius 2 is 2.00 bits per heavy atom. The van der Waals surface area contributed by atoms with Crippen molar-refractivity contribution in [1.29, 1.82) is 0 Å². The molecule has 68 valence electrons. The van der Waals surface area contributed by atoms with Crippen LogP contribution in [0.3, 0.4) is 0 Å². The van der Waals surface area contributed by atoms with Crippen LogP contribution in [0.1, 0.15) is 5.56 Å². The van der Waals surface area contributed by atoms with E-state index in [1.807, 2.05) is 40.5 Å². The monoisotopic (exact) mass is 286 g/mol. The van der Waals surface area contributed by atoms with Crippen molar-refractivity contribution in [2.45, 2.75) is 0 Å². The van der Waals surface area contributed by atoms with Crippen LogP contribution in [-0.2, 0) is 0 Å². The van der Waals surface area contributed by atoms with Gasteiger partial charge in [0.25, 0.3) is 0 Å². The van der Waals surface area contributed by atoms with E-state index in [1.54, 1.807) is 6.08 Å². The summed E-state index contributed by atoms with van der Waals surface area (Å²) in [5, 5.41) is 8.81. The van der Waals surface area contributed by atoms with Gasteiger partial charge in [-0.1, -0.05) is 59.0 Å². The normalized spacial score (nSPS) is 12.3. The van der Waals surface area contributed by atoms with Gasteiger partial charge in [-0.15, -0.1) is 0 Å². The van der Waals surface area contributed by atoms with Gasteiger partial charge in [-0.25, -0.2) is 0 Å². The predicted molar refractivity (Wildman–Crippen MR) is 64.7 cm³/mol. The summed E-state index contributed by atoms with van der Waals surface area (Å²) in [4.78, 5) is 0. The molecule has 1 N–H and O–H groups in total. The number of aliphatic hydroxyl groups excluding tert-OH is 1. The zero-order valence-corrected chi connectivity index (χ0v) is 9.31. The molecule has 13 heavy (non-hydrogen) atoms. The number of allylic oxidation sites excluding steroid dienone is 2. The van der Waals surface area contributed by atoms with E-state index < -0.39 is 0 Å². The zero-order chi connectivity index (χ0) is 9.52. The Bertz CT molecular complexity index is 301. The first kappa shape index (κ1) is 10.5. The molecule has 0 radical (unpaired) electrons. The third kappa shape index (κ3) is 3.32. The van der Waals surface area contributed by atoms with Crippen LogP contribution in [0, 0.1) is 0 Å². The summed E-state index contributed by atoms with van der Waals surface area (Å²) in [6, 6.07) is 10.0. The standard InChI is InChI=1S/C11H11IO/c12-8-6-11(7-9-13)10-4-2-1-3-5-10/h1-8,13H,9H2/b8-6-,11-7-. The van der Waals surface area contributed by atoms with Gasteiger partial charge in [0.15, 0.2) is 0 Å². The zero-order valence-electron chi connectivity index (χ0n) is 7.15. The van der Waals surface area contributed by atoms with Crippen molar-refractivity contribution in [2.75, 3.05) is 6.61 Å². The molecule has 1 aromatic carbocycles. The SMILES string of the molecule is OC/C=C(/C=C\I)c1ccccc1. The Kier molecular flexibility index (Phi) is 4.78.